The van der Waals surface area contributed by atoms with Crippen molar-refractivity contribution in [2.75, 3.05) is 6.61 Å². The molecule has 96 valence electrons. The number of aliphatic hydroxyl groups is 1. The van der Waals surface area contributed by atoms with E-state index in [1.165, 1.54) is 0 Å². The van der Waals surface area contributed by atoms with Crippen LogP contribution < -0.4 is 4.74 Å². The van der Waals surface area contributed by atoms with Crippen molar-refractivity contribution in [3.63, 3.8) is 0 Å². The van der Waals surface area contributed by atoms with E-state index >= 15 is 0 Å². The van der Waals surface area contributed by atoms with Gasteiger partial charge in [0.25, 0.3) is 0 Å². The summed E-state index contributed by atoms with van der Waals surface area (Å²) in [6.07, 6.45) is 3.49. The zero-order valence-corrected chi connectivity index (χ0v) is 12.0. The standard InChI is InChI=1S/C13H21NO2S/c1-12(2,3)17-11-6-10(7-14-8-11)16-9-13(4,5)15/h6-8,15H,9H2,1-5H3. The van der Waals surface area contributed by atoms with Crippen LogP contribution in [0.25, 0.3) is 0 Å². The van der Waals surface area contributed by atoms with E-state index in [2.05, 4.69) is 25.8 Å². The molecule has 0 spiro atoms. The highest BCUT2D eigenvalue weighted by Crippen LogP contribution is 2.32. The Bertz CT molecular complexity index is 366. The van der Waals surface area contributed by atoms with E-state index in [0.717, 1.165) is 4.90 Å². The molecule has 17 heavy (non-hydrogen) atoms. The molecule has 0 aromatic carbocycles. The van der Waals surface area contributed by atoms with Crippen LogP contribution in [0.4, 0.5) is 0 Å². The van der Waals surface area contributed by atoms with Crippen molar-refractivity contribution >= 4 is 11.8 Å². The first-order valence-corrected chi connectivity index (χ1v) is 6.47. The fourth-order valence-electron chi connectivity index (χ4n) is 1.15. The predicted molar refractivity (Wildman–Crippen MR) is 71.6 cm³/mol. The van der Waals surface area contributed by atoms with Gasteiger partial charge >= 0.3 is 0 Å². The summed E-state index contributed by atoms with van der Waals surface area (Å²) < 4.78 is 5.65. The first-order valence-electron chi connectivity index (χ1n) is 5.65. The first kappa shape index (κ1) is 14.3. The van der Waals surface area contributed by atoms with Crippen molar-refractivity contribution < 1.29 is 9.84 Å². The summed E-state index contributed by atoms with van der Waals surface area (Å²) in [7, 11) is 0. The molecule has 1 aromatic rings. The average molecular weight is 255 g/mol. The molecule has 1 heterocycles. The predicted octanol–water partition coefficient (Wildman–Crippen LogP) is 3.12. The van der Waals surface area contributed by atoms with E-state index in [-0.39, 0.29) is 11.4 Å². The van der Waals surface area contributed by atoms with Gasteiger partial charge in [0.1, 0.15) is 12.4 Å². The van der Waals surface area contributed by atoms with Gasteiger partial charge in [0.2, 0.25) is 0 Å². The molecular formula is C13H21NO2S. The van der Waals surface area contributed by atoms with E-state index in [0.29, 0.717) is 5.75 Å². The summed E-state index contributed by atoms with van der Waals surface area (Å²) >= 11 is 1.74. The summed E-state index contributed by atoms with van der Waals surface area (Å²) in [6, 6.07) is 1.95. The van der Waals surface area contributed by atoms with Gasteiger partial charge in [-0.1, -0.05) is 20.8 Å². The van der Waals surface area contributed by atoms with Crippen molar-refractivity contribution in [2.24, 2.45) is 0 Å². The van der Waals surface area contributed by atoms with Crippen LogP contribution in [0.3, 0.4) is 0 Å². The van der Waals surface area contributed by atoms with Gasteiger partial charge in [0.15, 0.2) is 0 Å². The maximum atomic E-state index is 9.58. The van der Waals surface area contributed by atoms with Crippen molar-refractivity contribution in [1.82, 2.24) is 4.98 Å². The van der Waals surface area contributed by atoms with Crippen LogP contribution in [0.15, 0.2) is 23.4 Å². The minimum atomic E-state index is -0.826. The highest BCUT2D eigenvalue weighted by Gasteiger charge is 2.15. The van der Waals surface area contributed by atoms with Gasteiger partial charge in [-0.15, -0.1) is 11.8 Å². The van der Waals surface area contributed by atoms with Crippen LogP contribution in [-0.2, 0) is 0 Å². The molecule has 0 radical (unpaired) electrons. The van der Waals surface area contributed by atoms with E-state index in [1.54, 1.807) is 31.8 Å². The Morgan fingerprint density at radius 2 is 1.88 bits per heavy atom. The van der Waals surface area contributed by atoms with Gasteiger partial charge in [-0.05, 0) is 19.9 Å². The lowest BCUT2D eigenvalue weighted by Crippen LogP contribution is -2.27. The molecule has 0 fully saturated rings. The zero-order chi connectivity index (χ0) is 13.1. The normalized spacial score (nSPS) is 12.6. The number of nitrogens with zero attached hydrogens (tertiary/aromatic N) is 1. The van der Waals surface area contributed by atoms with Crippen LogP contribution in [0.2, 0.25) is 0 Å². The molecule has 0 atom stereocenters. The first-order chi connectivity index (χ1) is 7.66. The summed E-state index contributed by atoms with van der Waals surface area (Å²) in [4.78, 5) is 5.22. The van der Waals surface area contributed by atoms with E-state index in [4.69, 9.17) is 4.74 Å². The third kappa shape index (κ3) is 6.54. The number of hydrogen-bond acceptors (Lipinski definition) is 4. The molecule has 0 aliphatic carbocycles. The molecule has 1 aromatic heterocycles. The number of aromatic nitrogens is 1. The fraction of sp³-hybridized carbons (Fsp3) is 0.615. The summed E-state index contributed by atoms with van der Waals surface area (Å²) in [5, 5.41) is 9.58. The average Bonchev–Trinajstić information content (AvgIpc) is 2.11. The van der Waals surface area contributed by atoms with Gasteiger partial charge < -0.3 is 9.84 Å². The smallest absolute Gasteiger partial charge is 0.138 e. The number of hydrogen-bond donors (Lipinski definition) is 1. The summed E-state index contributed by atoms with van der Waals surface area (Å²) in [5.74, 6) is 0.696. The Balaban J connectivity index is 2.66. The maximum absolute atomic E-state index is 9.58. The van der Waals surface area contributed by atoms with Crippen LogP contribution in [0.5, 0.6) is 5.75 Å². The number of thioether (sulfide) groups is 1. The van der Waals surface area contributed by atoms with Gasteiger partial charge in [0, 0.05) is 15.8 Å². The summed E-state index contributed by atoms with van der Waals surface area (Å²) in [5.41, 5.74) is -0.826. The molecule has 0 amide bonds. The lowest BCUT2D eigenvalue weighted by Gasteiger charge is -2.19. The van der Waals surface area contributed by atoms with Crippen molar-refractivity contribution in [2.45, 2.75) is 49.9 Å². The highest BCUT2D eigenvalue weighted by molar-refractivity contribution is 8.00. The SMILES string of the molecule is CC(C)(O)COc1cncc(SC(C)(C)C)c1. The molecule has 0 saturated heterocycles. The molecule has 3 nitrogen and oxygen atoms in total. The molecule has 0 saturated carbocycles. The topological polar surface area (TPSA) is 42.4 Å². The van der Waals surface area contributed by atoms with E-state index in [1.807, 2.05) is 12.3 Å². The lowest BCUT2D eigenvalue weighted by molar-refractivity contribution is 0.0283. The van der Waals surface area contributed by atoms with Crippen LogP contribution >= 0.6 is 11.8 Å². The molecule has 0 aliphatic heterocycles. The minimum absolute atomic E-state index is 0.149. The second kappa shape index (κ2) is 5.27. The quantitative estimate of drug-likeness (QED) is 0.839. The minimum Gasteiger partial charge on any atom is -0.489 e. The second-order valence-corrected chi connectivity index (χ2v) is 7.57. The Kier molecular flexibility index (Phi) is 4.44. The lowest BCUT2D eigenvalue weighted by atomic mass is 10.2. The fourth-order valence-corrected chi connectivity index (χ4v) is 2.14. The molecule has 1 rings (SSSR count). The maximum Gasteiger partial charge on any atom is 0.138 e. The van der Waals surface area contributed by atoms with Gasteiger partial charge in [0.05, 0.1) is 11.8 Å². The van der Waals surface area contributed by atoms with Crippen LogP contribution in [0, 0.1) is 0 Å². The molecule has 0 aliphatic rings. The Morgan fingerprint density at radius 1 is 1.24 bits per heavy atom. The van der Waals surface area contributed by atoms with E-state index in [9.17, 15) is 5.11 Å². The molecule has 1 N–H and O–H groups in total. The van der Waals surface area contributed by atoms with Gasteiger partial charge in [-0.3, -0.25) is 4.98 Å². The zero-order valence-electron chi connectivity index (χ0n) is 11.2. The number of pyridine rings is 1. The van der Waals surface area contributed by atoms with Crippen molar-refractivity contribution in [3.8, 4) is 5.75 Å². The largest absolute Gasteiger partial charge is 0.489 e. The molecule has 0 unspecified atom stereocenters. The highest BCUT2D eigenvalue weighted by atomic mass is 32.2. The molecule has 0 bridgehead atoms. The second-order valence-electron chi connectivity index (χ2n) is 5.67. The Labute approximate surface area is 108 Å². The summed E-state index contributed by atoms with van der Waals surface area (Å²) in [6.45, 7) is 10.2. The molecular weight excluding hydrogens is 234 g/mol. The van der Waals surface area contributed by atoms with Crippen LogP contribution in [0.1, 0.15) is 34.6 Å². The Hall–Kier alpha value is -0.740. The third-order valence-corrected chi connectivity index (χ3v) is 2.78. The van der Waals surface area contributed by atoms with Gasteiger partial charge in [-0.25, -0.2) is 0 Å². The van der Waals surface area contributed by atoms with Gasteiger partial charge in [-0.2, -0.15) is 0 Å². The van der Waals surface area contributed by atoms with Crippen molar-refractivity contribution in [3.05, 3.63) is 18.5 Å². The third-order valence-electron chi connectivity index (χ3n) is 1.70. The molecule has 4 heteroatoms. The Morgan fingerprint density at radius 3 is 2.41 bits per heavy atom. The monoisotopic (exact) mass is 255 g/mol. The number of rotatable bonds is 4. The van der Waals surface area contributed by atoms with E-state index < -0.39 is 5.60 Å². The number of ether oxygens (including phenoxy) is 1. The van der Waals surface area contributed by atoms with Crippen LogP contribution in [-0.4, -0.2) is 27.0 Å². The van der Waals surface area contributed by atoms with Crippen molar-refractivity contribution in [1.29, 1.82) is 0 Å².